The lowest BCUT2D eigenvalue weighted by molar-refractivity contribution is -0.137. The summed E-state index contributed by atoms with van der Waals surface area (Å²) in [6.07, 6.45) is 0.345. The van der Waals surface area contributed by atoms with Gasteiger partial charge in [0.15, 0.2) is 0 Å². The van der Waals surface area contributed by atoms with Crippen molar-refractivity contribution in [2.24, 2.45) is 5.41 Å². The predicted octanol–water partition coefficient (Wildman–Crippen LogP) is 8.52. The first-order chi connectivity index (χ1) is 22.4. The molecule has 6 rings (SSSR count). The summed E-state index contributed by atoms with van der Waals surface area (Å²) in [5, 5.41) is 21.7. The molecule has 5 aromatic rings. The Hall–Kier alpha value is -4.87. The number of nitriles is 1. The van der Waals surface area contributed by atoms with E-state index in [4.69, 9.17) is 4.98 Å². The number of rotatable bonds is 7. The number of hydrogen-bond acceptors (Lipinski definition) is 4. The summed E-state index contributed by atoms with van der Waals surface area (Å²) in [6, 6.07) is 35.7. The van der Waals surface area contributed by atoms with Crippen LogP contribution in [0.5, 0.6) is 0 Å². The van der Waals surface area contributed by atoms with Crippen LogP contribution in [-0.2, 0) is 17.3 Å². The number of aromatic nitrogens is 2. The third-order valence-electron chi connectivity index (χ3n) is 9.94. The number of nitrogens with zero attached hydrogens (tertiary/aromatic N) is 4. The molecule has 5 nitrogen and oxygen atoms in total. The lowest BCUT2D eigenvalue weighted by Gasteiger charge is -2.50. The molecule has 0 saturated heterocycles. The first-order valence-corrected chi connectivity index (χ1v) is 15.7. The predicted molar refractivity (Wildman–Crippen MR) is 177 cm³/mol. The van der Waals surface area contributed by atoms with Crippen LogP contribution in [0.2, 0.25) is 0 Å². The molecule has 0 radical (unpaired) electrons. The lowest BCUT2D eigenvalue weighted by Crippen LogP contribution is -2.52. The maximum Gasteiger partial charge on any atom is 0.417 e. The summed E-state index contributed by atoms with van der Waals surface area (Å²) >= 11 is 0. The summed E-state index contributed by atoms with van der Waals surface area (Å²) in [5.41, 5.74) is 0.0591. The molecule has 1 aliphatic rings. The van der Waals surface area contributed by atoms with Crippen LogP contribution >= 0.6 is 0 Å². The van der Waals surface area contributed by atoms with Crippen LogP contribution in [0.3, 0.4) is 0 Å². The summed E-state index contributed by atoms with van der Waals surface area (Å²) in [4.78, 5) is 6.65. The maximum atomic E-state index is 13.9. The molecule has 1 N–H and O–H groups in total. The molecule has 240 valence electrons. The average Bonchev–Trinajstić information content (AvgIpc) is 3.58. The van der Waals surface area contributed by atoms with E-state index in [1.54, 1.807) is 30.4 Å². The van der Waals surface area contributed by atoms with Gasteiger partial charge in [0.05, 0.1) is 29.2 Å². The monoisotopic (exact) mass is 634 g/mol. The van der Waals surface area contributed by atoms with Gasteiger partial charge in [-0.15, -0.1) is 0 Å². The van der Waals surface area contributed by atoms with Crippen LogP contribution < -0.4 is 4.90 Å². The molecule has 0 bridgehead atoms. The minimum atomic E-state index is -4.67. The first kappa shape index (κ1) is 32.1. The molecule has 0 aliphatic heterocycles. The van der Waals surface area contributed by atoms with Crippen molar-refractivity contribution in [1.29, 1.82) is 5.26 Å². The van der Waals surface area contributed by atoms with E-state index in [1.807, 2.05) is 60.8 Å². The number of halogens is 3. The Morgan fingerprint density at radius 2 is 1.38 bits per heavy atom. The molecular weight excluding hydrogens is 597 g/mol. The molecule has 1 aromatic heterocycles. The van der Waals surface area contributed by atoms with E-state index >= 15 is 0 Å². The highest BCUT2D eigenvalue weighted by atomic mass is 19.4. The zero-order valence-electron chi connectivity index (χ0n) is 26.6. The van der Waals surface area contributed by atoms with E-state index in [1.165, 1.54) is 6.07 Å². The zero-order valence-corrected chi connectivity index (χ0v) is 26.6. The average molecular weight is 635 g/mol. The second-order valence-corrected chi connectivity index (χ2v) is 13.2. The second-order valence-electron chi connectivity index (χ2n) is 13.2. The minimum absolute atomic E-state index is 0.254. The van der Waals surface area contributed by atoms with Crippen LogP contribution in [0.15, 0.2) is 122 Å². The van der Waals surface area contributed by atoms with E-state index < -0.39 is 28.4 Å². The normalized spacial score (nSPS) is 19.6. The fraction of sp³-hybridized carbons (Fsp3) is 0.282. The molecule has 4 aromatic carbocycles. The number of alkyl halides is 3. The largest absolute Gasteiger partial charge is 0.417 e. The molecule has 1 fully saturated rings. The molecule has 0 amide bonds. The standard InChI is InChI=1S/C39H37F3N4O/c1-36(2)21-22-37(47,24-35(36)45(3)32-20-19-28(25-43)33(23-32)39(40,41)42)34-26-46(27-44-34)38(29-13-7-4-8-14-29,30-15-9-5-10-16-30)31-17-11-6-12-18-31/h4-20,23,26-27,35,47H,21-22,24H2,1-3H3. The fourth-order valence-corrected chi connectivity index (χ4v) is 7.28. The molecule has 47 heavy (non-hydrogen) atoms. The van der Waals surface area contributed by atoms with Crippen molar-refractivity contribution in [3.05, 3.63) is 155 Å². The first-order valence-electron chi connectivity index (χ1n) is 15.7. The second kappa shape index (κ2) is 12.1. The van der Waals surface area contributed by atoms with Gasteiger partial charge in [-0.2, -0.15) is 18.4 Å². The number of anilines is 1. The summed E-state index contributed by atoms with van der Waals surface area (Å²) < 4.78 is 43.7. The van der Waals surface area contributed by atoms with Gasteiger partial charge in [-0.05, 0) is 53.1 Å². The Bertz CT molecular complexity index is 1780. The summed E-state index contributed by atoms with van der Waals surface area (Å²) in [6.45, 7) is 4.15. The molecule has 0 spiro atoms. The highest BCUT2D eigenvalue weighted by molar-refractivity contribution is 5.56. The van der Waals surface area contributed by atoms with Crippen LogP contribution in [0.4, 0.5) is 18.9 Å². The Balaban J connectivity index is 1.44. The molecule has 2 atom stereocenters. The van der Waals surface area contributed by atoms with Gasteiger partial charge in [0.2, 0.25) is 0 Å². The molecule has 2 unspecified atom stereocenters. The van der Waals surface area contributed by atoms with E-state index in [0.29, 0.717) is 24.2 Å². The van der Waals surface area contributed by atoms with Crippen molar-refractivity contribution in [1.82, 2.24) is 9.55 Å². The fourth-order valence-electron chi connectivity index (χ4n) is 7.28. The Kier molecular flexibility index (Phi) is 8.23. The van der Waals surface area contributed by atoms with Crippen molar-refractivity contribution in [2.45, 2.75) is 56.5 Å². The van der Waals surface area contributed by atoms with E-state index in [-0.39, 0.29) is 17.9 Å². The smallest absolute Gasteiger partial charge is 0.383 e. The summed E-state index contributed by atoms with van der Waals surface area (Å²) in [5.74, 6) is 0. The lowest BCUT2D eigenvalue weighted by atomic mass is 9.66. The highest BCUT2D eigenvalue weighted by Crippen LogP contribution is 2.49. The van der Waals surface area contributed by atoms with Crippen LogP contribution in [0.25, 0.3) is 0 Å². The topological polar surface area (TPSA) is 65.1 Å². The molecule has 1 aliphatic carbocycles. The van der Waals surface area contributed by atoms with E-state index in [0.717, 1.165) is 22.8 Å². The SMILES string of the molecule is CN(c1ccc(C#N)c(C(F)(F)F)c1)C1CC(O)(c2cn(C(c3ccccc3)(c3ccccc3)c3ccccc3)cn2)CCC1(C)C. The van der Waals surface area contributed by atoms with Crippen LogP contribution in [0.1, 0.15) is 66.6 Å². The van der Waals surface area contributed by atoms with Gasteiger partial charge in [0, 0.05) is 31.4 Å². The molecule has 1 saturated carbocycles. The van der Waals surface area contributed by atoms with Gasteiger partial charge in [0.25, 0.3) is 0 Å². The third-order valence-corrected chi connectivity index (χ3v) is 9.94. The Morgan fingerprint density at radius 3 is 1.87 bits per heavy atom. The van der Waals surface area contributed by atoms with Crippen LogP contribution in [-0.4, -0.2) is 27.7 Å². The number of hydrogen-bond donors (Lipinski definition) is 1. The number of aliphatic hydroxyl groups is 1. The zero-order chi connectivity index (χ0) is 33.5. The third kappa shape index (κ3) is 5.70. The van der Waals surface area contributed by atoms with E-state index in [9.17, 15) is 23.5 Å². The van der Waals surface area contributed by atoms with Crippen LogP contribution in [0, 0.1) is 16.7 Å². The number of benzene rings is 4. The van der Waals surface area contributed by atoms with E-state index in [2.05, 4.69) is 54.8 Å². The quantitative estimate of drug-likeness (QED) is 0.182. The minimum Gasteiger partial charge on any atom is -0.383 e. The van der Waals surface area contributed by atoms with Gasteiger partial charge >= 0.3 is 6.18 Å². The Morgan fingerprint density at radius 1 is 0.851 bits per heavy atom. The van der Waals surface area contributed by atoms with Crippen molar-refractivity contribution in [3.63, 3.8) is 0 Å². The van der Waals surface area contributed by atoms with Crippen molar-refractivity contribution in [2.75, 3.05) is 11.9 Å². The van der Waals surface area contributed by atoms with Crippen molar-refractivity contribution < 1.29 is 18.3 Å². The van der Waals surface area contributed by atoms with Gasteiger partial charge in [-0.1, -0.05) is 105 Å². The van der Waals surface area contributed by atoms with Crippen molar-refractivity contribution in [3.8, 4) is 6.07 Å². The van der Waals surface area contributed by atoms with Gasteiger partial charge in [-0.25, -0.2) is 4.98 Å². The summed E-state index contributed by atoms with van der Waals surface area (Å²) in [7, 11) is 1.75. The molecular formula is C39H37F3N4O. The molecule has 8 heteroatoms. The highest BCUT2D eigenvalue weighted by Gasteiger charge is 2.48. The van der Waals surface area contributed by atoms with Gasteiger partial charge in [0.1, 0.15) is 11.1 Å². The van der Waals surface area contributed by atoms with Gasteiger partial charge in [-0.3, -0.25) is 0 Å². The van der Waals surface area contributed by atoms with Gasteiger partial charge < -0.3 is 14.6 Å². The number of imidazole rings is 1. The maximum absolute atomic E-state index is 13.9. The molecule has 1 heterocycles. The van der Waals surface area contributed by atoms with Crippen molar-refractivity contribution >= 4 is 5.69 Å². The Labute approximate surface area is 273 Å².